The normalized spacial score (nSPS) is 9.67. The lowest BCUT2D eigenvalue weighted by atomic mass is 10.3. The summed E-state index contributed by atoms with van der Waals surface area (Å²) in [5.74, 6) is -0.989. The van der Waals surface area contributed by atoms with Gasteiger partial charge in [0.05, 0.1) is 0 Å². The Labute approximate surface area is 105 Å². The minimum atomic E-state index is -1.09. The maximum absolute atomic E-state index is 11.2. The number of nitrogens with one attached hydrogen (secondary N) is 1. The van der Waals surface area contributed by atoms with Gasteiger partial charge in [0.25, 0.3) is 5.91 Å². The number of carbonyl (C=O) groups is 2. The molecule has 1 rings (SSSR count). The van der Waals surface area contributed by atoms with Crippen LogP contribution in [-0.2, 0) is 9.59 Å². The molecule has 2 N–H and O–H groups in total. The highest BCUT2D eigenvalue weighted by Crippen LogP contribution is 2.18. The number of benzene rings is 1. The zero-order valence-corrected chi connectivity index (χ0v) is 10.3. The van der Waals surface area contributed by atoms with Gasteiger partial charge in [-0.25, -0.2) is 0 Å². The highest BCUT2D eigenvalue weighted by Gasteiger charge is 2.05. The van der Waals surface area contributed by atoms with E-state index in [1.165, 1.54) is 0 Å². The molecule has 0 unspecified atom stereocenters. The van der Waals surface area contributed by atoms with Crippen LogP contribution in [0.15, 0.2) is 24.3 Å². The standard InChI is InChI=1S/C12H16N2O4/c1-14(2)9-4-3-5-10(6-9)18-8-11(15)13-7-12(16)17/h3-6H,7-8H2,1-2H3,(H,13,15)(H,16,17). The van der Waals surface area contributed by atoms with E-state index in [-0.39, 0.29) is 6.61 Å². The van der Waals surface area contributed by atoms with Gasteiger partial charge in [0.1, 0.15) is 12.3 Å². The minimum absolute atomic E-state index is 0.204. The van der Waals surface area contributed by atoms with Crippen molar-refractivity contribution in [3.8, 4) is 5.75 Å². The number of hydrogen-bond acceptors (Lipinski definition) is 4. The number of rotatable bonds is 6. The zero-order chi connectivity index (χ0) is 13.5. The number of carboxylic acids is 1. The van der Waals surface area contributed by atoms with Crippen molar-refractivity contribution in [1.29, 1.82) is 0 Å². The Morgan fingerprint density at radius 1 is 1.39 bits per heavy atom. The minimum Gasteiger partial charge on any atom is -0.484 e. The number of anilines is 1. The Morgan fingerprint density at radius 3 is 2.72 bits per heavy atom. The van der Waals surface area contributed by atoms with E-state index in [1.807, 2.05) is 31.1 Å². The Kier molecular flexibility index (Phi) is 4.98. The molecule has 0 fully saturated rings. The number of carbonyl (C=O) groups excluding carboxylic acids is 1. The van der Waals surface area contributed by atoms with Gasteiger partial charge in [-0.1, -0.05) is 6.07 Å². The molecule has 98 valence electrons. The molecule has 0 bridgehead atoms. The average molecular weight is 252 g/mol. The molecule has 0 atom stereocenters. The SMILES string of the molecule is CN(C)c1cccc(OCC(=O)NCC(=O)O)c1. The Balaban J connectivity index is 2.45. The Bertz CT molecular complexity index is 432. The maximum atomic E-state index is 11.2. The van der Waals surface area contributed by atoms with Crippen LogP contribution in [0.4, 0.5) is 5.69 Å². The lowest BCUT2D eigenvalue weighted by molar-refractivity contribution is -0.138. The lowest BCUT2D eigenvalue weighted by Gasteiger charge is -2.13. The van der Waals surface area contributed by atoms with Crippen LogP contribution in [0, 0.1) is 0 Å². The molecule has 0 heterocycles. The van der Waals surface area contributed by atoms with E-state index < -0.39 is 18.4 Å². The van der Waals surface area contributed by atoms with Gasteiger partial charge in [-0.15, -0.1) is 0 Å². The first-order chi connectivity index (χ1) is 8.49. The molecule has 6 heteroatoms. The van der Waals surface area contributed by atoms with Crippen molar-refractivity contribution < 1.29 is 19.4 Å². The van der Waals surface area contributed by atoms with Crippen LogP contribution in [0.5, 0.6) is 5.75 Å². The topological polar surface area (TPSA) is 78.9 Å². The van der Waals surface area contributed by atoms with Gasteiger partial charge in [-0.2, -0.15) is 0 Å². The van der Waals surface area contributed by atoms with E-state index in [9.17, 15) is 9.59 Å². The van der Waals surface area contributed by atoms with Gasteiger partial charge < -0.3 is 20.1 Å². The molecular weight excluding hydrogens is 236 g/mol. The summed E-state index contributed by atoms with van der Waals surface area (Å²) in [4.78, 5) is 23.4. The Hall–Kier alpha value is -2.24. The number of nitrogens with zero attached hydrogens (tertiary/aromatic N) is 1. The summed E-state index contributed by atoms with van der Waals surface area (Å²) in [6, 6.07) is 7.26. The molecule has 0 aliphatic rings. The molecule has 0 radical (unpaired) electrons. The first kappa shape index (κ1) is 13.8. The summed E-state index contributed by atoms with van der Waals surface area (Å²) < 4.78 is 5.26. The molecule has 0 aliphatic heterocycles. The van der Waals surface area contributed by atoms with Crippen LogP contribution in [0.1, 0.15) is 0 Å². The average Bonchev–Trinajstić information content (AvgIpc) is 2.34. The van der Waals surface area contributed by atoms with Crippen LogP contribution >= 0.6 is 0 Å². The highest BCUT2D eigenvalue weighted by atomic mass is 16.5. The monoisotopic (exact) mass is 252 g/mol. The molecule has 1 aromatic carbocycles. The molecular formula is C12H16N2O4. The number of hydrogen-bond donors (Lipinski definition) is 2. The maximum Gasteiger partial charge on any atom is 0.322 e. The van der Waals surface area contributed by atoms with Gasteiger partial charge in [0.2, 0.25) is 0 Å². The van der Waals surface area contributed by atoms with Crippen molar-refractivity contribution >= 4 is 17.6 Å². The van der Waals surface area contributed by atoms with E-state index in [4.69, 9.17) is 9.84 Å². The smallest absolute Gasteiger partial charge is 0.322 e. The van der Waals surface area contributed by atoms with E-state index in [0.29, 0.717) is 5.75 Å². The van der Waals surface area contributed by atoms with Crippen molar-refractivity contribution in [2.24, 2.45) is 0 Å². The van der Waals surface area contributed by atoms with Crippen LogP contribution in [0.2, 0.25) is 0 Å². The summed E-state index contributed by atoms with van der Waals surface area (Å²) in [5.41, 5.74) is 0.957. The highest BCUT2D eigenvalue weighted by molar-refractivity contribution is 5.82. The lowest BCUT2D eigenvalue weighted by Crippen LogP contribution is -2.33. The van der Waals surface area contributed by atoms with Crippen molar-refractivity contribution in [2.45, 2.75) is 0 Å². The van der Waals surface area contributed by atoms with Crippen LogP contribution in [-0.4, -0.2) is 44.2 Å². The molecule has 0 spiro atoms. The summed E-state index contributed by atoms with van der Waals surface area (Å²) in [6.45, 7) is -0.607. The molecule has 6 nitrogen and oxygen atoms in total. The molecule has 1 amide bonds. The van der Waals surface area contributed by atoms with Crippen LogP contribution in [0.25, 0.3) is 0 Å². The second kappa shape index (κ2) is 6.48. The third-order valence-electron chi connectivity index (χ3n) is 2.14. The fraction of sp³-hybridized carbons (Fsp3) is 0.333. The van der Waals surface area contributed by atoms with Gasteiger partial charge in [-0.3, -0.25) is 9.59 Å². The summed E-state index contributed by atoms with van der Waals surface area (Å²) >= 11 is 0. The number of ether oxygens (including phenoxy) is 1. The Morgan fingerprint density at radius 2 is 2.11 bits per heavy atom. The fourth-order valence-corrected chi connectivity index (χ4v) is 1.23. The van der Waals surface area contributed by atoms with Crippen molar-refractivity contribution in [2.75, 3.05) is 32.1 Å². The molecule has 18 heavy (non-hydrogen) atoms. The predicted molar refractivity (Wildman–Crippen MR) is 66.9 cm³/mol. The number of aliphatic carboxylic acids is 1. The largest absolute Gasteiger partial charge is 0.484 e. The molecule has 0 aromatic heterocycles. The zero-order valence-electron chi connectivity index (χ0n) is 10.3. The number of amides is 1. The van der Waals surface area contributed by atoms with E-state index >= 15 is 0 Å². The van der Waals surface area contributed by atoms with Gasteiger partial charge in [0.15, 0.2) is 6.61 Å². The molecule has 0 aliphatic carbocycles. The third-order valence-corrected chi connectivity index (χ3v) is 2.14. The van der Waals surface area contributed by atoms with E-state index in [2.05, 4.69) is 5.32 Å². The van der Waals surface area contributed by atoms with Crippen LogP contribution < -0.4 is 15.0 Å². The van der Waals surface area contributed by atoms with Gasteiger partial charge in [0, 0.05) is 25.8 Å². The van der Waals surface area contributed by atoms with Gasteiger partial charge in [-0.05, 0) is 12.1 Å². The summed E-state index contributed by atoms with van der Waals surface area (Å²) in [5, 5.41) is 10.6. The summed E-state index contributed by atoms with van der Waals surface area (Å²) in [7, 11) is 3.80. The van der Waals surface area contributed by atoms with Crippen molar-refractivity contribution in [3.63, 3.8) is 0 Å². The second-order valence-electron chi connectivity index (χ2n) is 3.85. The third kappa shape index (κ3) is 4.73. The second-order valence-corrected chi connectivity index (χ2v) is 3.85. The first-order valence-corrected chi connectivity index (χ1v) is 5.37. The molecule has 0 saturated heterocycles. The van der Waals surface area contributed by atoms with Gasteiger partial charge >= 0.3 is 5.97 Å². The summed E-state index contributed by atoms with van der Waals surface area (Å²) in [6.07, 6.45) is 0. The van der Waals surface area contributed by atoms with E-state index in [1.54, 1.807) is 12.1 Å². The predicted octanol–water partition coefficient (Wildman–Crippen LogP) is 0.332. The van der Waals surface area contributed by atoms with E-state index in [0.717, 1.165) is 5.69 Å². The van der Waals surface area contributed by atoms with Crippen molar-refractivity contribution in [3.05, 3.63) is 24.3 Å². The van der Waals surface area contributed by atoms with Crippen LogP contribution in [0.3, 0.4) is 0 Å². The fourth-order valence-electron chi connectivity index (χ4n) is 1.23. The van der Waals surface area contributed by atoms with Crippen molar-refractivity contribution in [1.82, 2.24) is 5.32 Å². The quantitative estimate of drug-likeness (QED) is 0.763. The first-order valence-electron chi connectivity index (χ1n) is 5.37. The number of carboxylic acid groups (broad SMARTS) is 1. The molecule has 1 aromatic rings. The molecule has 0 saturated carbocycles.